The molecule has 28 heavy (non-hydrogen) atoms. The van der Waals surface area contributed by atoms with Crippen molar-refractivity contribution in [3.63, 3.8) is 0 Å². The molecular weight excluding hydrogens is 352 g/mol. The second-order valence-corrected chi connectivity index (χ2v) is 6.37. The van der Waals surface area contributed by atoms with Crippen LogP contribution in [0.15, 0.2) is 78.9 Å². The first-order valence-electron chi connectivity index (χ1n) is 8.82. The molecule has 0 bridgehead atoms. The molecule has 0 radical (unpaired) electrons. The fraction of sp³-hybridized carbons (Fsp3) is 0.0435. The Morgan fingerprint density at radius 2 is 1.25 bits per heavy atom. The van der Waals surface area contributed by atoms with Gasteiger partial charge in [-0.15, -0.1) is 0 Å². The van der Waals surface area contributed by atoms with Gasteiger partial charge in [-0.3, -0.25) is 20.4 Å². The minimum Gasteiger partial charge on any atom is -0.496 e. The Kier molecular flexibility index (Phi) is 4.64. The minimum atomic E-state index is -0.447. The standard InChI is InChI=1S/C23H18N2O3/c1-28-21-14-18-9-5-4-8-17(18)13-20(21)23(27)25-24-22(26)19-11-10-15-6-2-3-7-16(15)12-19/h2-14H,1H3,(H,24,26)(H,25,27). The van der Waals surface area contributed by atoms with E-state index in [4.69, 9.17) is 4.74 Å². The van der Waals surface area contributed by atoms with E-state index in [2.05, 4.69) is 10.9 Å². The summed E-state index contributed by atoms with van der Waals surface area (Å²) in [6.45, 7) is 0. The number of carbonyl (C=O) groups excluding carboxylic acids is 2. The summed E-state index contributed by atoms with van der Waals surface area (Å²) in [5, 5.41) is 3.88. The van der Waals surface area contributed by atoms with E-state index in [1.165, 1.54) is 7.11 Å². The molecule has 4 aromatic rings. The van der Waals surface area contributed by atoms with Gasteiger partial charge in [0.1, 0.15) is 5.75 Å². The maximum atomic E-state index is 12.6. The highest BCUT2D eigenvalue weighted by molar-refractivity contribution is 6.04. The van der Waals surface area contributed by atoms with E-state index in [1.54, 1.807) is 24.3 Å². The van der Waals surface area contributed by atoms with E-state index in [-0.39, 0.29) is 5.91 Å². The second kappa shape index (κ2) is 7.40. The van der Waals surface area contributed by atoms with Crippen LogP contribution in [0, 0.1) is 0 Å². The molecule has 2 amide bonds. The number of rotatable bonds is 3. The lowest BCUT2D eigenvalue weighted by molar-refractivity contribution is 0.0845. The van der Waals surface area contributed by atoms with Crippen LogP contribution in [0.2, 0.25) is 0 Å². The Morgan fingerprint density at radius 1 is 0.679 bits per heavy atom. The van der Waals surface area contributed by atoms with Crippen LogP contribution >= 0.6 is 0 Å². The van der Waals surface area contributed by atoms with Crippen molar-refractivity contribution < 1.29 is 14.3 Å². The normalized spacial score (nSPS) is 10.6. The highest BCUT2D eigenvalue weighted by atomic mass is 16.5. The third kappa shape index (κ3) is 3.38. The van der Waals surface area contributed by atoms with Crippen molar-refractivity contribution in [3.05, 3.63) is 90.0 Å². The summed E-state index contributed by atoms with van der Waals surface area (Å²) in [4.78, 5) is 25.0. The summed E-state index contributed by atoms with van der Waals surface area (Å²) in [5.41, 5.74) is 5.74. The highest BCUT2D eigenvalue weighted by Gasteiger charge is 2.15. The number of nitrogens with one attached hydrogen (secondary N) is 2. The summed E-state index contributed by atoms with van der Waals surface area (Å²) >= 11 is 0. The van der Waals surface area contributed by atoms with Crippen molar-refractivity contribution in [2.24, 2.45) is 0 Å². The molecule has 0 aliphatic rings. The number of hydrazine groups is 1. The molecule has 0 heterocycles. The lowest BCUT2D eigenvalue weighted by Gasteiger charge is -2.12. The Morgan fingerprint density at radius 3 is 1.93 bits per heavy atom. The topological polar surface area (TPSA) is 67.4 Å². The molecule has 0 spiro atoms. The summed E-state index contributed by atoms with van der Waals surface area (Å²) in [7, 11) is 1.51. The lowest BCUT2D eigenvalue weighted by atomic mass is 10.1. The zero-order valence-electron chi connectivity index (χ0n) is 15.2. The first-order chi connectivity index (χ1) is 13.7. The SMILES string of the molecule is COc1cc2ccccc2cc1C(=O)NNC(=O)c1ccc2ccccc2c1. The van der Waals surface area contributed by atoms with Gasteiger partial charge in [0.25, 0.3) is 11.8 Å². The van der Waals surface area contributed by atoms with Crippen LogP contribution < -0.4 is 15.6 Å². The number of hydrogen-bond acceptors (Lipinski definition) is 3. The number of benzene rings is 4. The number of methoxy groups -OCH3 is 1. The van der Waals surface area contributed by atoms with Gasteiger partial charge in [-0.1, -0.05) is 54.6 Å². The molecular formula is C23H18N2O3. The maximum absolute atomic E-state index is 12.6. The molecule has 0 saturated heterocycles. The number of ether oxygens (including phenoxy) is 1. The van der Waals surface area contributed by atoms with Crippen LogP contribution in [0.4, 0.5) is 0 Å². The monoisotopic (exact) mass is 370 g/mol. The third-order valence-corrected chi connectivity index (χ3v) is 4.61. The predicted molar refractivity (Wildman–Crippen MR) is 109 cm³/mol. The van der Waals surface area contributed by atoms with E-state index >= 15 is 0 Å². The van der Waals surface area contributed by atoms with Gasteiger partial charge in [-0.2, -0.15) is 0 Å². The molecule has 0 aliphatic heterocycles. The molecule has 0 unspecified atom stereocenters. The van der Waals surface area contributed by atoms with Gasteiger partial charge in [0.15, 0.2) is 0 Å². The van der Waals surface area contributed by atoms with Gasteiger partial charge >= 0.3 is 0 Å². The Bertz CT molecular complexity index is 1200. The maximum Gasteiger partial charge on any atom is 0.273 e. The molecule has 0 aromatic heterocycles. The first kappa shape index (κ1) is 17.5. The van der Waals surface area contributed by atoms with Gasteiger partial charge in [-0.05, 0) is 45.8 Å². The van der Waals surface area contributed by atoms with Crippen molar-refractivity contribution in [1.82, 2.24) is 10.9 Å². The Hall–Kier alpha value is -3.86. The van der Waals surface area contributed by atoms with Gasteiger partial charge in [0.2, 0.25) is 0 Å². The molecule has 0 aliphatic carbocycles. The van der Waals surface area contributed by atoms with Crippen LogP contribution in [-0.4, -0.2) is 18.9 Å². The quantitative estimate of drug-likeness (QED) is 0.534. The van der Waals surface area contributed by atoms with Gasteiger partial charge in [0, 0.05) is 5.56 Å². The number of hydrogen-bond donors (Lipinski definition) is 2. The minimum absolute atomic E-state index is 0.347. The van der Waals surface area contributed by atoms with Gasteiger partial charge < -0.3 is 4.74 Å². The lowest BCUT2D eigenvalue weighted by Crippen LogP contribution is -2.41. The van der Waals surface area contributed by atoms with Crippen LogP contribution in [0.25, 0.3) is 21.5 Å². The summed E-state index contributed by atoms with van der Waals surface area (Å²) < 4.78 is 5.34. The van der Waals surface area contributed by atoms with Crippen LogP contribution in [0.3, 0.4) is 0 Å². The average Bonchev–Trinajstić information content (AvgIpc) is 2.75. The smallest absolute Gasteiger partial charge is 0.273 e. The highest BCUT2D eigenvalue weighted by Crippen LogP contribution is 2.25. The summed E-state index contributed by atoms with van der Waals surface area (Å²) in [6, 6.07) is 24.4. The zero-order valence-corrected chi connectivity index (χ0v) is 15.2. The fourth-order valence-corrected chi connectivity index (χ4v) is 3.15. The average molecular weight is 370 g/mol. The summed E-state index contributed by atoms with van der Waals surface area (Å²) in [6.07, 6.45) is 0. The number of amides is 2. The van der Waals surface area contributed by atoms with Crippen molar-refractivity contribution in [2.45, 2.75) is 0 Å². The van der Waals surface area contributed by atoms with Crippen molar-refractivity contribution in [2.75, 3.05) is 7.11 Å². The van der Waals surface area contributed by atoms with Crippen molar-refractivity contribution in [1.29, 1.82) is 0 Å². The Balaban J connectivity index is 1.53. The molecule has 5 heteroatoms. The van der Waals surface area contributed by atoms with Crippen molar-refractivity contribution >= 4 is 33.4 Å². The zero-order chi connectivity index (χ0) is 19.5. The molecule has 2 N–H and O–H groups in total. The van der Waals surface area contributed by atoms with E-state index in [9.17, 15) is 9.59 Å². The van der Waals surface area contributed by atoms with E-state index < -0.39 is 5.91 Å². The van der Waals surface area contributed by atoms with Crippen LogP contribution in [0.5, 0.6) is 5.75 Å². The Labute approximate surface area is 161 Å². The van der Waals surface area contributed by atoms with E-state index in [0.717, 1.165) is 21.5 Å². The largest absolute Gasteiger partial charge is 0.496 e. The van der Waals surface area contributed by atoms with Crippen molar-refractivity contribution in [3.8, 4) is 5.75 Å². The van der Waals surface area contributed by atoms with E-state index in [1.807, 2.05) is 54.6 Å². The van der Waals surface area contributed by atoms with Gasteiger partial charge in [-0.25, -0.2) is 0 Å². The second-order valence-electron chi connectivity index (χ2n) is 6.37. The summed E-state index contributed by atoms with van der Waals surface area (Å²) in [5.74, 6) is -0.397. The molecule has 138 valence electrons. The molecule has 0 saturated carbocycles. The molecule has 4 aromatic carbocycles. The third-order valence-electron chi connectivity index (χ3n) is 4.61. The number of carbonyl (C=O) groups is 2. The van der Waals surface area contributed by atoms with Gasteiger partial charge in [0.05, 0.1) is 12.7 Å². The molecule has 5 nitrogen and oxygen atoms in total. The van der Waals surface area contributed by atoms with E-state index in [0.29, 0.717) is 16.9 Å². The first-order valence-corrected chi connectivity index (χ1v) is 8.82. The van der Waals surface area contributed by atoms with Crippen LogP contribution in [0.1, 0.15) is 20.7 Å². The molecule has 0 fully saturated rings. The molecule has 0 atom stereocenters. The fourth-order valence-electron chi connectivity index (χ4n) is 3.15. The molecule has 4 rings (SSSR count). The number of fused-ring (bicyclic) bond motifs is 2. The van der Waals surface area contributed by atoms with Crippen LogP contribution in [-0.2, 0) is 0 Å². The predicted octanol–water partition coefficient (Wildman–Crippen LogP) is 4.08.